The molecule has 0 aromatic heterocycles. The second-order valence-corrected chi connectivity index (χ2v) is 6.08. The summed E-state index contributed by atoms with van der Waals surface area (Å²) < 4.78 is 5.15. The lowest BCUT2D eigenvalue weighted by Gasteiger charge is -2.06. The fourth-order valence-electron chi connectivity index (χ4n) is 3.44. The number of aryl methyl sites for hydroxylation is 2. The molecule has 3 aromatic rings. The summed E-state index contributed by atoms with van der Waals surface area (Å²) in [5, 5.41) is 2.35. The van der Waals surface area contributed by atoms with Crippen molar-refractivity contribution in [3.05, 3.63) is 82.9 Å². The van der Waals surface area contributed by atoms with Crippen LogP contribution in [0.3, 0.4) is 0 Å². The molecule has 4 rings (SSSR count). The van der Waals surface area contributed by atoms with Crippen LogP contribution in [0, 0.1) is 0 Å². The van der Waals surface area contributed by atoms with Crippen LogP contribution in [-0.2, 0) is 12.8 Å². The Hall–Kier alpha value is -2.87. The quantitative estimate of drug-likeness (QED) is 0.508. The number of hydrogen-bond donors (Lipinski definition) is 0. The zero-order valence-electron chi connectivity index (χ0n) is 13.6. The highest BCUT2D eigenvalue weighted by molar-refractivity contribution is 6.15. The summed E-state index contributed by atoms with van der Waals surface area (Å²) in [6, 6.07) is 18.0. The van der Waals surface area contributed by atoms with Gasteiger partial charge in [0, 0.05) is 5.56 Å². The molecule has 118 valence electrons. The maximum Gasteiger partial charge on any atom is 0.186 e. The summed E-state index contributed by atoms with van der Waals surface area (Å²) >= 11 is 0. The van der Waals surface area contributed by atoms with Crippen molar-refractivity contribution in [1.29, 1.82) is 0 Å². The lowest BCUT2D eigenvalue weighted by molar-refractivity contribution is 0.104. The Morgan fingerprint density at radius 2 is 1.71 bits per heavy atom. The highest BCUT2D eigenvalue weighted by Crippen LogP contribution is 2.33. The predicted molar refractivity (Wildman–Crippen MR) is 97.7 cm³/mol. The lowest BCUT2D eigenvalue weighted by atomic mass is 9.97. The molecule has 2 nitrogen and oxygen atoms in total. The molecule has 0 unspecified atom stereocenters. The van der Waals surface area contributed by atoms with Gasteiger partial charge in [0.05, 0.1) is 7.11 Å². The standard InChI is InChI=1S/C22H18O2/c1-24-18-11-5-15(6-12-18)7-14-21(23)19-13-10-17-9-8-16-3-2-4-20(19)22(16)17/h2-7,10-14H,8-9H2,1H3/b14-7+. The number of methoxy groups -OCH3 is 1. The number of ketones is 1. The molecule has 0 saturated heterocycles. The Balaban J connectivity index is 1.67. The van der Waals surface area contributed by atoms with Crippen LogP contribution in [0.15, 0.2) is 60.7 Å². The van der Waals surface area contributed by atoms with E-state index in [0.29, 0.717) is 0 Å². The molecule has 0 atom stereocenters. The third kappa shape index (κ3) is 2.50. The van der Waals surface area contributed by atoms with Gasteiger partial charge in [-0.25, -0.2) is 0 Å². The summed E-state index contributed by atoms with van der Waals surface area (Å²) in [6.07, 6.45) is 5.66. The minimum absolute atomic E-state index is 0.0430. The first-order chi connectivity index (χ1) is 11.8. The molecule has 2 heteroatoms. The molecular weight excluding hydrogens is 296 g/mol. The van der Waals surface area contributed by atoms with Crippen molar-refractivity contribution in [2.45, 2.75) is 12.8 Å². The monoisotopic (exact) mass is 314 g/mol. The first kappa shape index (κ1) is 14.7. The van der Waals surface area contributed by atoms with Crippen LogP contribution >= 0.6 is 0 Å². The zero-order chi connectivity index (χ0) is 16.5. The Morgan fingerprint density at radius 1 is 0.958 bits per heavy atom. The van der Waals surface area contributed by atoms with Crippen LogP contribution in [0.1, 0.15) is 27.0 Å². The first-order valence-corrected chi connectivity index (χ1v) is 8.16. The fraction of sp³-hybridized carbons (Fsp3) is 0.136. The fourth-order valence-corrected chi connectivity index (χ4v) is 3.44. The van der Waals surface area contributed by atoms with E-state index in [9.17, 15) is 4.79 Å². The van der Waals surface area contributed by atoms with Gasteiger partial charge in [-0.1, -0.05) is 48.5 Å². The molecule has 0 spiro atoms. The highest BCUT2D eigenvalue weighted by atomic mass is 16.5. The number of rotatable bonds is 4. The number of ether oxygens (including phenoxy) is 1. The van der Waals surface area contributed by atoms with Gasteiger partial charge in [-0.3, -0.25) is 4.79 Å². The molecule has 0 amide bonds. The number of carbonyl (C=O) groups is 1. The maximum absolute atomic E-state index is 12.7. The van der Waals surface area contributed by atoms with Gasteiger partial charge in [-0.05, 0) is 58.5 Å². The largest absolute Gasteiger partial charge is 0.497 e. The van der Waals surface area contributed by atoms with Crippen LogP contribution in [0.4, 0.5) is 0 Å². The van der Waals surface area contributed by atoms with Crippen LogP contribution in [0.5, 0.6) is 5.75 Å². The van der Waals surface area contributed by atoms with Crippen LogP contribution in [-0.4, -0.2) is 12.9 Å². The topological polar surface area (TPSA) is 26.3 Å². The third-order valence-corrected chi connectivity index (χ3v) is 4.69. The molecule has 1 aliphatic rings. The van der Waals surface area contributed by atoms with E-state index in [1.165, 1.54) is 16.5 Å². The molecule has 0 heterocycles. The lowest BCUT2D eigenvalue weighted by Crippen LogP contribution is -1.96. The smallest absolute Gasteiger partial charge is 0.186 e. The summed E-state index contributed by atoms with van der Waals surface area (Å²) in [5.41, 5.74) is 4.48. The summed E-state index contributed by atoms with van der Waals surface area (Å²) in [4.78, 5) is 12.7. The van der Waals surface area contributed by atoms with Crippen molar-refractivity contribution in [2.24, 2.45) is 0 Å². The molecule has 0 bridgehead atoms. The second kappa shape index (κ2) is 5.97. The third-order valence-electron chi connectivity index (χ3n) is 4.69. The number of benzene rings is 3. The average Bonchev–Trinajstić information content (AvgIpc) is 3.05. The van der Waals surface area contributed by atoms with E-state index in [4.69, 9.17) is 4.74 Å². The summed E-state index contributed by atoms with van der Waals surface area (Å²) in [6.45, 7) is 0. The Labute approximate surface area is 141 Å². The summed E-state index contributed by atoms with van der Waals surface area (Å²) in [7, 11) is 1.64. The Bertz CT molecular complexity index is 939. The van der Waals surface area contributed by atoms with E-state index in [2.05, 4.69) is 24.3 Å². The number of hydrogen-bond acceptors (Lipinski definition) is 2. The Morgan fingerprint density at radius 3 is 2.46 bits per heavy atom. The van der Waals surface area contributed by atoms with Gasteiger partial charge in [0.1, 0.15) is 5.75 Å². The van der Waals surface area contributed by atoms with Crippen molar-refractivity contribution in [3.8, 4) is 5.75 Å². The molecule has 0 N–H and O–H groups in total. The van der Waals surface area contributed by atoms with E-state index in [1.54, 1.807) is 13.2 Å². The molecule has 0 aliphatic heterocycles. The van der Waals surface area contributed by atoms with E-state index < -0.39 is 0 Å². The predicted octanol–water partition coefficient (Wildman–Crippen LogP) is 4.84. The number of allylic oxidation sites excluding steroid dienone is 1. The zero-order valence-corrected chi connectivity index (χ0v) is 13.6. The van der Waals surface area contributed by atoms with Crippen LogP contribution in [0.2, 0.25) is 0 Å². The van der Waals surface area contributed by atoms with E-state index in [0.717, 1.165) is 35.1 Å². The van der Waals surface area contributed by atoms with Gasteiger partial charge >= 0.3 is 0 Å². The molecule has 3 aromatic carbocycles. The average molecular weight is 314 g/mol. The van der Waals surface area contributed by atoms with E-state index in [1.807, 2.05) is 36.4 Å². The minimum atomic E-state index is 0.0430. The van der Waals surface area contributed by atoms with Crippen molar-refractivity contribution >= 4 is 22.6 Å². The van der Waals surface area contributed by atoms with E-state index >= 15 is 0 Å². The van der Waals surface area contributed by atoms with Gasteiger partial charge in [0.15, 0.2) is 5.78 Å². The van der Waals surface area contributed by atoms with Crippen molar-refractivity contribution in [2.75, 3.05) is 7.11 Å². The molecule has 0 radical (unpaired) electrons. The maximum atomic E-state index is 12.7. The SMILES string of the molecule is COc1ccc(/C=C/C(=O)c2ccc3c4c(cccc24)CC3)cc1. The normalized spacial score (nSPS) is 12.9. The van der Waals surface area contributed by atoms with Crippen molar-refractivity contribution in [3.63, 3.8) is 0 Å². The Kier molecular flexibility index (Phi) is 3.66. The van der Waals surface area contributed by atoms with Crippen LogP contribution < -0.4 is 4.74 Å². The second-order valence-electron chi connectivity index (χ2n) is 6.08. The molecule has 24 heavy (non-hydrogen) atoms. The molecule has 1 aliphatic carbocycles. The first-order valence-electron chi connectivity index (χ1n) is 8.16. The van der Waals surface area contributed by atoms with Gasteiger partial charge in [0.2, 0.25) is 0 Å². The van der Waals surface area contributed by atoms with Gasteiger partial charge in [0.25, 0.3) is 0 Å². The van der Waals surface area contributed by atoms with Crippen LogP contribution in [0.25, 0.3) is 16.8 Å². The number of carbonyl (C=O) groups excluding carboxylic acids is 1. The van der Waals surface area contributed by atoms with Crippen molar-refractivity contribution in [1.82, 2.24) is 0 Å². The van der Waals surface area contributed by atoms with Crippen molar-refractivity contribution < 1.29 is 9.53 Å². The molecule has 0 fully saturated rings. The highest BCUT2D eigenvalue weighted by Gasteiger charge is 2.17. The molecular formula is C22H18O2. The van der Waals surface area contributed by atoms with Gasteiger partial charge < -0.3 is 4.74 Å². The van der Waals surface area contributed by atoms with E-state index in [-0.39, 0.29) is 5.78 Å². The molecule has 0 saturated carbocycles. The van der Waals surface area contributed by atoms with Gasteiger partial charge in [-0.15, -0.1) is 0 Å². The van der Waals surface area contributed by atoms with Gasteiger partial charge in [-0.2, -0.15) is 0 Å². The minimum Gasteiger partial charge on any atom is -0.497 e. The summed E-state index contributed by atoms with van der Waals surface area (Å²) in [5.74, 6) is 0.854.